The number of aromatic nitrogens is 2. The van der Waals surface area contributed by atoms with Crippen LogP contribution in [0.15, 0.2) is 30.6 Å². The Hall–Kier alpha value is -2.49. The van der Waals surface area contributed by atoms with Gasteiger partial charge in [0, 0.05) is 17.9 Å². The van der Waals surface area contributed by atoms with Crippen LogP contribution in [0.2, 0.25) is 0 Å². The quantitative estimate of drug-likeness (QED) is 0.927. The van der Waals surface area contributed by atoms with Gasteiger partial charge in [-0.1, -0.05) is 0 Å². The molecule has 2 aromatic rings. The van der Waals surface area contributed by atoms with Crippen LogP contribution >= 0.6 is 0 Å². The maximum atomic E-state index is 12.7. The van der Waals surface area contributed by atoms with E-state index in [9.17, 15) is 13.2 Å². The zero-order chi connectivity index (χ0) is 15.6. The molecule has 0 bridgehead atoms. The topological polar surface area (TPSA) is 53.6 Å². The van der Waals surface area contributed by atoms with Crippen molar-refractivity contribution in [3.05, 3.63) is 41.7 Å². The van der Waals surface area contributed by atoms with Crippen LogP contribution in [-0.4, -0.2) is 9.78 Å². The van der Waals surface area contributed by atoms with Crippen molar-refractivity contribution in [1.29, 1.82) is 5.26 Å². The number of hydrogen-bond donors (Lipinski definition) is 1. The van der Waals surface area contributed by atoms with Gasteiger partial charge in [-0.2, -0.15) is 23.5 Å². The fourth-order valence-corrected chi connectivity index (χ4v) is 1.81. The molecule has 4 nitrogen and oxygen atoms in total. The van der Waals surface area contributed by atoms with E-state index in [1.165, 1.54) is 12.1 Å². The number of halogens is 3. The van der Waals surface area contributed by atoms with Gasteiger partial charge >= 0.3 is 6.18 Å². The van der Waals surface area contributed by atoms with Crippen molar-refractivity contribution >= 4 is 11.4 Å². The van der Waals surface area contributed by atoms with E-state index in [2.05, 4.69) is 10.4 Å². The lowest BCUT2D eigenvalue weighted by molar-refractivity contribution is -0.137. The number of nitriles is 1. The maximum Gasteiger partial charge on any atom is 0.417 e. The fraction of sp³-hybridized carbons (Fsp3) is 0.286. The summed E-state index contributed by atoms with van der Waals surface area (Å²) in [6, 6.07) is 5.11. The lowest BCUT2D eigenvalue weighted by Crippen LogP contribution is -2.08. The molecular formula is C14H13F3N4. The highest BCUT2D eigenvalue weighted by Crippen LogP contribution is 2.33. The fourth-order valence-electron chi connectivity index (χ4n) is 1.81. The molecule has 1 aromatic carbocycles. The van der Waals surface area contributed by atoms with E-state index in [0.29, 0.717) is 11.4 Å². The maximum absolute atomic E-state index is 12.7. The summed E-state index contributed by atoms with van der Waals surface area (Å²) < 4.78 is 39.8. The van der Waals surface area contributed by atoms with Crippen molar-refractivity contribution in [1.82, 2.24) is 9.78 Å². The van der Waals surface area contributed by atoms with E-state index in [1.54, 1.807) is 23.1 Å². The lowest BCUT2D eigenvalue weighted by atomic mass is 10.1. The van der Waals surface area contributed by atoms with Crippen LogP contribution in [0, 0.1) is 11.3 Å². The first-order chi connectivity index (χ1) is 9.81. The SMILES string of the molecule is CC(C)n1cc(Nc2ccc(C(F)(F)F)c(C#N)c2)cn1. The van der Waals surface area contributed by atoms with Crippen molar-refractivity contribution < 1.29 is 13.2 Å². The Labute approximate surface area is 119 Å². The minimum absolute atomic E-state index is 0.183. The van der Waals surface area contributed by atoms with E-state index in [1.807, 2.05) is 13.8 Å². The van der Waals surface area contributed by atoms with Crippen LogP contribution in [0.4, 0.5) is 24.5 Å². The molecule has 0 atom stereocenters. The molecule has 2 rings (SSSR count). The molecule has 0 unspecified atom stereocenters. The summed E-state index contributed by atoms with van der Waals surface area (Å²) >= 11 is 0. The summed E-state index contributed by atoms with van der Waals surface area (Å²) in [6.07, 6.45) is -1.22. The Morgan fingerprint density at radius 1 is 1.29 bits per heavy atom. The third kappa shape index (κ3) is 3.34. The van der Waals surface area contributed by atoms with Crippen LogP contribution in [0.25, 0.3) is 0 Å². The van der Waals surface area contributed by atoms with Crippen LogP contribution < -0.4 is 5.32 Å². The van der Waals surface area contributed by atoms with Gasteiger partial charge in [0.2, 0.25) is 0 Å². The normalized spacial score (nSPS) is 11.5. The zero-order valence-electron chi connectivity index (χ0n) is 11.4. The third-order valence-corrected chi connectivity index (χ3v) is 2.86. The molecule has 1 N–H and O–H groups in total. The number of nitrogens with one attached hydrogen (secondary N) is 1. The second kappa shape index (κ2) is 5.48. The Morgan fingerprint density at radius 2 is 2.00 bits per heavy atom. The standard InChI is InChI=1S/C14H13F3N4/c1-9(2)21-8-12(7-19-21)20-11-3-4-13(14(15,16)17)10(5-11)6-18/h3-5,7-9,20H,1-2H3. The zero-order valence-corrected chi connectivity index (χ0v) is 11.4. The minimum atomic E-state index is -4.54. The Bertz CT molecular complexity index is 680. The smallest absolute Gasteiger partial charge is 0.353 e. The van der Waals surface area contributed by atoms with Crippen LogP contribution in [0.3, 0.4) is 0 Å². The van der Waals surface area contributed by atoms with E-state index in [-0.39, 0.29) is 6.04 Å². The van der Waals surface area contributed by atoms with Crippen molar-refractivity contribution in [3.8, 4) is 6.07 Å². The predicted molar refractivity (Wildman–Crippen MR) is 72.1 cm³/mol. The van der Waals surface area contributed by atoms with E-state index >= 15 is 0 Å². The van der Waals surface area contributed by atoms with Gasteiger partial charge in [0.15, 0.2) is 0 Å². The highest BCUT2D eigenvalue weighted by atomic mass is 19.4. The molecular weight excluding hydrogens is 281 g/mol. The van der Waals surface area contributed by atoms with Crippen LogP contribution in [0.5, 0.6) is 0 Å². The van der Waals surface area contributed by atoms with Gasteiger partial charge < -0.3 is 5.32 Å². The largest absolute Gasteiger partial charge is 0.417 e. The number of rotatable bonds is 3. The Morgan fingerprint density at radius 3 is 2.52 bits per heavy atom. The van der Waals surface area contributed by atoms with E-state index < -0.39 is 17.3 Å². The van der Waals surface area contributed by atoms with E-state index in [4.69, 9.17) is 5.26 Å². The molecule has 0 saturated carbocycles. The van der Waals surface area contributed by atoms with Crippen molar-refractivity contribution in [2.24, 2.45) is 0 Å². The number of anilines is 2. The van der Waals surface area contributed by atoms with Gasteiger partial charge in [-0.05, 0) is 32.0 Å². The van der Waals surface area contributed by atoms with Crippen molar-refractivity contribution in [2.75, 3.05) is 5.32 Å². The molecule has 0 amide bonds. The summed E-state index contributed by atoms with van der Waals surface area (Å²) in [5, 5.41) is 15.9. The van der Waals surface area contributed by atoms with Gasteiger partial charge in [0.1, 0.15) is 0 Å². The molecule has 1 heterocycles. The molecule has 0 fully saturated rings. The second-order valence-corrected chi connectivity index (χ2v) is 4.80. The number of nitrogens with zero attached hydrogens (tertiary/aromatic N) is 3. The lowest BCUT2D eigenvalue weighted by Gasteiger charge is -2.10. The van der Waals surface area contributed by atoms with Crippen LogP contribution in [0.1, 0.15) is 31.0 Å². The van der Waals surface area contributed by atoms with E-state index in [0.717, 1.165) is 6.07 Å². The molecule has 1 aromatic heterocycles. The first-order valence-corrected chi connectivity index (χ1v) is 6.24. The second-order valence-electron chi connectivity index (χ2n) is 4.80. The Balaban J connectivity index is 2.27. The van der Waals surface area contributed by atoms with Gasteiger partial charge in [-0.25, -0.2) is 0 Å². The minimum Gasteiger partial charge on any atom is -0.353 e. The summed E-state index contributed by atoms with van der Waals surface area (Å²) in [4.78, 5) is 0. The Kier molecular flexibility index (Phi) is 3.89. The number of hydrogen-bond acceptors (Lipinski definition) is 3. The molecule has 7 heteroatoms. The predicted octanol–water partition coefficient (Wildman–Crippen LogP) is 4.10. The first kappa shape index (κ1) is 14.9. The molecule has 110 valence electrons. The van der Waals surface area contributed by atoms with Gasteiger partial charge in [-0.3, -0.25) is 4.68 Å². The molecule has 0 radical (unpaired) electrons. The van der Waals surface area contributed by atoms with Gasteiger partial charge in [0.25, 0.3) is 0 Å². The molecule has 0 spiro atoms. The molecule has 21 heavy (non-hydrogen) atoms. The summed E-state index contributed by atoms with van der Waals surface area (Å²) in [5.41, 5.74) is -0.299. The number of benzene rings is 1. The monoisotopic (exact) mass is 294 g/mol. The highest BCUT2D eigenvalue weighted by molar-refractivity contribution is 5.61. The summed E-state index contributed by atoms with van der Waals surface area (Å²) in [5.74, 6) is 0. The van der Waals surface area contributed by atoms with Crippen molar-refractivity contribution in [2.45, 2.75) is 26.1 Å². The third-order valence-electron chi connectivity index (χ3n) is 2.86. The van der Waals surface area contributed by atoms with Crippen molar-refractivity contribution in [3.63, 3.8) is 0 Å². The van der Waals surface area contributed by atoms with Gasteiger partial charge in [0.05, 0.1) is 29.1 Å². The first-order valence-electron chi connectivity index (χ1n) is 6.24. The average Bonchev–Trinajstić information content (AvgIpc) is 2.86. The molecule has 0 saturated heterocycles. The summed E-state index contributed by atoms with van der Waals surface area (Å²) in [6.45, 7) is 3.92. The molecule has 0 aliphatic rings. The molecule has 0 aliphatic heterocycles. The number of alkyl halides is 3. The van der Waals surface area contributed by atoms with Gasteiger partial charge in [-0.15, -0.1) is 0 Å². The molecule has 0 aliphatic carbocycles. The highest BCUT2D eigenvalue weighted by Gasteiger charge is 2.33. The average molecular weight is 294 g/mol. The van der Waals surface area contributed by atoms with Crippen LogP contribution in [-0.2, 0) is 6.18 Å². The summed E-state index contributed by atoms with van der Waals surface area (Å²) in [7, 11) is 0.